The molecule has 1 saturated heterocycles. The van der Waals surface area contributed by atoms with Gasteiger partial charge in [-0.15, -0.1) is 0 Å². The Bertz CT molecular complexity index is 652. The molecule has 2 aliphatic rings. The third-order valence-corrected chi connectivity index (χ3v) is 5.15. The van der Waals surface area contributed by atoms with E-state index in [1.54, 1.807) is 0 Å². The van der Waals surface area contributed by atoms with E-state index in [0.717, 1.165) is 38.5 Å². The van der Waals surface area contributed by atoms with Crippen LogP contribution in [0.5, 0.6) is 0 Å². The number of ether oxygens (including phenoxy) is 1. The zero-order valence-corrected chi connectivity index (χ0v) is 14.3. The Morgan fingerprint density at radius 1 is 1.21 bits per heavy atom. The molecule has 0 unspecified atom stereocenters. The lowest BCUT2D eigenvalue weighted by Gasteiger charge is -2.28. The molecule has 128 valence electrons. The van der Waals surface area contributed by atoms with Gasteiger partial charge in [0.05, 0.1) is 12.3 Å². The molecule has 0 N–H and O–H groups in total. The highest BCUT2D eigenvalue weighted by atomic mass is 16.5. The number of hydrogen-bond acceptors (Lipinski definition) is 4. The van der Waals surface area contributed by atoms with Crippen LogP contribution in [0.3, 0.4) is 0 Å². The first-order valence-electron chi connectivity index (χ1n) is 9.00. The van der Waals surface area contributed by atoms with E-state index < -0.39 is 0 Å². The average molecular weight is 326 g/mol. The zero-order chi connectivity index (χ0) is 16.4. The summed E-state index contributed by atoms with van der Waals surface area (Å²) in [6, 6.07) is 4.62. The predicted molar refractivity (Wildman–Crippen MR) is 92.4 cm³/mol. The van der Waals surface area contributed by atoms with Gasteiger partial charge >= 0.3 is 0 Å². The molecule has 2 atom stereocenters. The van der Waals surface area contributed by atoms with E-state index in [9.17, 15) is 0 Å². The number of hydrogen-bond donors (Lipinski definition) is 0. The molecular weight excluding hydrogens is 300 g/mol. The van der Waals surface area contributed by atoms with Gasteiger partial charge in [-0.25, -0.2) is 0 Å². The van der Waals surface area contributed by atoms with E-state index in [4.69, 9.17) is 4.74 Å². The van der Waals surface area contributed by atoms with Crippen molar-refractivity contribution < 1.29 is 4.74 Å². The quantitative estimate of drug-likeness (QED) is 0.784. The first-order valence-corrected chi connectivity index (χ1v) is 9.00. The molecule has 3 heterocycles. The number of aromatic nitrogens is 3. The van der Waals surface area contributed by atoms with Crippen LogP contribution in [0.2, 0.25) is 0 Å². The molecule has 4 rings (SSSR count). The second kappa shape index (κ2) is 7.03. The van der Waals surface area contributed by atoms with E-state index in [1.807, 2.05) is 36.4 Å². The van der Waals surface area contributed by atoms with Crippen LogP contribution in [0.4, 0.5) is 0 Å². The summed E-state index contributed by atoms with van der Waals surface area (Å²) >= 11 is 0. The summed E-state index contributed by atoms with van der Waals surface area (Å²) in [7, 11) is 1.97. The molecule has 2 fully saturated rings. The molecule has 5 nitrogen and oxygen atoms in total. The lowest BCUT2D eigenvalue weighted by Crippen LogP contribution is -2.38. The van der Waals surface area contributed by atoms with Crippen molar-refractivity contribution in [2.75, 3.05) is 13.2 Å². The summed E-state index contributed by atoms with van der Waals surface area (Å²) < 4.78 is 8.18. The van der Waals surface area contributed by atoms with Crippen molar-refractivity contribution in [3.05, 3.63) is 48.0 Å². The van der Waals surface area contributed by atoms with Crippen molar-refractivity contribution in [1.82, 2.24) is 19.7 Å². The molecule has 5 heteroatoms. The predicted octanol–water partition coefficient (Wildman–Crippen LogP) is 2.43. The Balaban J connectivity index is 1.46. The van der Waals surface area contributed by atoms with Gasteiger partial charge in [0.2, 0.25) is 0 Å². The fourth-order valence-electron chi connectivity index (χ4n) is 3.63. The Kier molecular flexibility index (Phi) is 4.63. The highest BCUT2D eigenvalue weighted by Crippen LogP contribution is 2.32. The molecule has 2 aromatic rings. The minimum Gasteiger partial charge on any atom is -0.376 e. The maximum atomic E-state index is 6.30. The first-order chi connectivity index (χ1) is 11.8. The second-order valence-electron chi connectivity index (χ2n) is 7.23. The number of pyridine rings is 1. The molecule has 1 aliphatic carbocycles. The van der Waals surface area contributed by atoms with Crippen LogP contribution in [-0.4, -0.2) is 45.0 Å². The summed E-state index contributed by atoms with van der Waals surface area (Å²) in [4.78, 5) is 6.83. The molecule has 1 aliphatic heterocycles. The summed E-state index contributed by atoms with van der Waals surface area (Å²) in [6.07, 6.45) is 13.1. The number of likely N-dealkylation sites (tertiary alicyclic amines) is 1. The van der Waals surface area contributed by atoms with E-state index in [0.29, 0.717) is 12.1 Å². The maximum absolute atomic E-state index is 6.30. The van der Waals surface area contributed by atoms with Crippen molar-refractivity contribution >= 4 is 0 Å². The van der Waals surface area contributed by atoms with Gasteiger partial charge in [-0.05, 0) is 43.2 Å². The highest BCUT2D eigenvalue weighted by molar-refractivity contribution is 5.13. The van der Waals surface area contributed by atoms with Gasteiger partial charge < -0.3 is 4.74 Å². The molecule has 2 aromatic heterocycles. The number of rotatable bonds is 7. The SMILES string of the molecule is Cn1cc(CN2CC[C@@H](OCC3CC3)[C@@H]2Cc2cccnc2)cn1. The number of nitrogens with zero attached hydrogens (tertiary/aromatic N) is 4. The van der Waals surface area contributed by atoms with E-state index in [-0.39, 0.29) is 0 Å². The molecule has 0 spiro atoms. The third kappa shape index (κ3) is 3.84. The van der Waals surface area contributed by atoms with Gasteiger partial charge in [0.15, 0.2) is 0 Å². The monoisotopic (exact) mass is 326 g/mol. The molecule has 1 saturated carbocycles. The third-order valence-electron chi connectivity index (χ3n) is 5.15. The zero-order valence-electron chi connectivity index (χ0n) is 14.3. The Labute approximate surface area is 143 Å². The fourth-order valence-corrected chi connectivity index (χ4v) is 3.63. The molecular formula is C19H26N4O. The van der Waals surface area contributed by atoms with Crippen molar-refractivity contribution in [3.63, 3.8) is 0 Å². The minimum absolute atomic E-state index is 0.336. The maximum Gasteiger partial charge on any atom is 0.0745 e. The number of aryl methyl sites for hydroxylation is 1. The smallest absolute Gasteiger partial charge is 0.0745 e. The average Bonchev–Trinajstić information content (AvgIpc) is 3.23. The van der Waals surface area contributed by atoms with Crippen LogP contribution in [-0.2, 0) is 24.8 Å². The van der Waals surface area contributed by atoms with Crippen LogP contribution in [0.25, 0.3) is 0 Å². The Hall–Kier alpha value is -1.72. The molecule has 24 heavy (non-hydrogen) atoms. The van der Waals surface area contributed by atoms with Crippen molar-refractivity contribution in [1.29, 1.82) is 0 Å². The standard InChI is InChI=1S/C19H26N4O/c1-22-12-17(11-21-22)13-23-8-6-19(24-14-15-4-5-15)18(23)9-16-3-2-7-20-10-16/h2-3,7,10-12,15,18-19H,4-6,8-9,13-14H2,1H3/t18-,19+/m0/s1. The molecule has 0 radical (unpaired) electrons. The topological polar surface area (TPSA) is 43.2 Å². The first kappa shape index (κ1) is 15.8. The molecule has 0 aromatic carbocycles. The van der Waals surface area contributed by atoms with Gasteiger partial charge in [-0.3, -0.25) is 14.6 Å². The van der Waals surface area contributed by atoms with E-state index in [2.05, 4.69) is 27.2 Å². The summed E-state index contributed by atoms with van der Waals surface area (Å²) in [5, 5.41) is 4.30. The van der Waals surface area contributed by atoms with Crippen LogP contribution in [0.15, 0.2) is 36.9 Å². The summed E-state index contributed by atoms with van der Waals surface area (Å²) in [5.74, 6) is 0.816. The Morgan fingerprint density at radius 3 is 2.83 bits per heavy atom. The van der Waals surface area contributed by atoms with Gasteiger partial charge in [-0.1, -0.05) is 6.07 Å². The van der Waals surface area contributed by atoms with Crippen molar-refractivity contribution in [2.45, 2.75) is 44.4 Å². The lowest BCUT2D eigenvalue weighted by molar-refractivity contribution is 0.0196. The molecule has 0 bridgehead atoms. The van der Waals surface area contributed by atoms with Crippen LogP contribution in [0, 0.1) is 5.92 Å². The minimum atomic E-state index is 0.336. The fraction of sp³-hybridized carbons (Fsp3) is 0.579. The van der Waals surface area contributed by atoms with Gasteiger partial charge in [0.25, 0.3) is 0 Å². The molecule has 0 amide bonds. The summed E-state index contributed by atoms with van der Waals surface area (Å²) in [6.45, 7) is 2.98. The van der Waals surface area contributed by atoms with Gasteiger partial charge in [0, 0.05) is 56.9 Å². The van der Waals surface area contributed by atoms with E-state index in [1.165, 1.54) is 24.0 Å². The Morgan fingerprint density at radius 2 is 2.12 bits per heavy atom. The largest absolute Gasteiger partial charge is 0.376 e. The summed E-state index contributed by atoms with van der Waals surface area (Å²) in [5.41, 5.74) is 2.57. The second-order valence-corrected chi connectivity index (χ2v) is 7.23. The van der Waals surface area contributed by atoms with Crippen LogP contribution >= 0.6 is 0 Å². The van der Waals surface area contributed by atoms with Gasteiger partial charge in [-0.2, -0.15) is 5.10 Å². The lowest BCUT2D eigenvalue weighted by atomic mass is 10.0. The van der Waals surface area contributed by atoms with E-state index >= 15 is 0 Å². The van der Waals surface area contributed by atoms with Crippen LogP contribution in [0.1, 0.15) is 30.4 Å². The van der Waals surface area contributed by atoms with Gasteiger partial charge in [0.1, 0.15) is 0 Å². The van der Waals surface area contributed by atoms with Crippen molar-refractivity contribution in [2.24, 2.45) is 13.0 Å². The highest BCUT2D eigenvalue weighted by Gasteiger charge is 2.36. The normalized spacial score (nSPS) is 24.5. The van der Waals surface area contributed by atoms with Crippen LogP contribution < -0.4 is 0 Å². The van der Waals surface area contributed by atoms with Crippen molar-refractivity contribution in [3.8, 4) is 0 Å².